The van der Waals surface area contributed by atoms with Crippen molar-refractivity contribution in [3.63, 3.8) is 0 Å². The first-order chi connectivity index (χ1) is 19.0. The number of phosphoric acid groups is 1. The normalized spacial score (nSPS) is 14.1. The summed E-state index contributed by atoms with van der Waals surface area (Å²) in [6.45, 7) is 4.29. The Morgan fingerprint density at radius 2 is 1.12 bits per heavy atom. The minimum absolute atomic E-state index is 0.0352. The van der Waals surface area contributed by atoms with Crippen molar-refractivity contribution < 1.29 is 42.1 Å². The summed E-state index contributed by atoms with van der Waals surface area (Å²) < 4.78 is 33.7. The van der Waals surface area contributed by atoms with E-state index in [9.17, 15) is 19.0 Å². The minimum Gasteiger partial charge on any atom is -0.462 e. The molecule has 0 fully saturated rings. The van der Waals surface area contributed by atoms with Crippen LogP contribution < -0.4 is 0 Å². The standard InChI is InChI=1S/C30H60NO8P/c1-6-8-10-12-13-14-15-16-17-19-20-22-29(32)36-26-28(39-30(33)23-21-18-11-9-7-2)27-38-40(34,35)37-25-24-31(3,4)5/h28H,6-27H2,1-5H3/p+1/t28-/m1/s1. The molecule has 0 aliphatic heterocycles. The van der Waals surface area contributed by atoms with Gasteiger partial charge in [-0.05, 0) is 12.8 Å². The van der Waals surface area contributed by atoms with E-state index in [0.717, 1.165) is 44.9 Å². The van der Waals surface area contributed by atoms with Crippen molar-refractivity contribution in [1.29, 1.82) is 0 Å². The van der Waals surface area contributed by atoms with Crippen molar-refractivity contribution in [2.45, 2.75) is 136 Å². The Balaban J connectivity index is 4.43. The van der Waals surface area contributed by atoms with Crippen molar-refractivity contribution in [3.8, 4) is 0 Å². The van der Waals surface area contributed by atoms with Gasteiger partial charge in [0.2, 0.25) is 0 Å². The highest BCUT2D eigenvalue weighted by Crippen LogP contribution is 2.43. The molecule has 0 rings (SSSR count). The zero-order chi connectivity index (χ0) is 30.1. The SMILES string of the molecule is CCCCCCCCCCCCCC(=O)OC[C@H](COP(=O)(O)OCC[N+](C)(C)C)OC(=O)CCCCCCC. The van der Waals surface area contributed by atoms with Crippen molar-refractivity contribution in [2.75, 3.05) is 47.5 Å². The first kappa shape index (κ1) is 39.0. The molecule has 2 atom stereocenters. The van der Waals surface area contributed by atoms with E-state index >= 15 is 0 Å². The second-order valence-electron chi connectivity index (χ2n) is 11.9. The monoisotopic (exact) mass is 594 g/mol. The first-order valence-electron chi connectivity index (χ1n) is 15.8. The molecular weight excluding hydrogens is 533 g/mol. The lowest BCUT2D eigenvalue weighted by molar-refractivity contribution is -0.870. The molecule has 0 bridgehead atoms. The van der Waals surface area contributed by atoms with E-state index < -0.39 is 26.5 Å². The highest BCUT2D eigenvalue weighted by atomic mass is 31.2. The van der Waals surface area contributed by atoms with Crippen LogP contribution in [0.2, 0.25) is 0 Å². The van der Waals surface area contributed by atoms with E-state index in [0.29, 0.717) is 23.9 Å². The summed E-state index contributed by atoms with van der Waals surface area (Å²) in [5, 5.41) is 0. The Hall–Kier alpha value is -0.990. The van der Waals surface area contributed by atoms with Gasteiger partial charge in [-0.15, -0.1) is 0 Å². The minimum atomic E-state index is -4.34. The van der Waals surface area contributed by atoms with Crippen LogP contribution in [0.15, 0.2) is 0 Å². The second-order valence-corrected chi connectivity index (χ2v) is 13.3. The third-order valence-corrected chi connectivity index (χ3v) is 7.62. The van der Waals surface area contributed by atoms with Crippen LogP contribution in [0, 0.1) is 0 Å². The summed E-state index contributed by atoms with van der Waals surface area (Å²) in [5.74, 6) is -0.812. The number of hydrogen-bond acceptors (Lipinski definition) is 7. The predicted molar refractivity (Wildman–Crippen MR) is 160 cm³/mol. The summed E-state index contributed by atoms with van der Waals surface area (Å²) in [5.41, 5.74) is 0. The summed E-state index contributed by atoms with van der Waals surface area (Å²) in [6, 6.07) is 0. The van der Waals surface area contributed by atoms with Crippen molar-refractivity contribution >= 4 is 19.8 Å². The van der Waals surface area contributed by atoms with Crippen LogP contribution in [-0.4, -0.2) is 74.9 Å². The lowest BCUT2D eigenvalue weighted by Crippen LogP contribution is -2.37. The molecule has 0 aromatic heterocycles. The second kappa shape index (κ2) is 24.6. The van der Waals surface area contributed by atoms with E-state index in [2.05, 4.69) is 13.8 Å². The average molecular weight is 595 g/mol. The van der Waals surface area contributed by atoms with Gasteiger partial charge in [0.25, 0.3) is 0 Å². The van der Waals surface area contributed by atoms with Gasteiger partial charge >= 0.3 is 19.8 Å². The zero-order valence-corrected chi connectivity index (χ0v) is 27.2. The van der Waals surface area contributed by atoms with Crippen LogP contribution in [0.1, 0.15) is 129 Å². The molecule has 1 unspecified atom stereocenters. The van der Waals surface area contributed by atoms with E-state index in [1.807, 2.05) is 21.1 Å². The predicted octanol–water partition coefficient (Wildman–Crippen LogP) is 7.34. The average Bonchev–Trinajstić information content (AvgIpc) is 2.87. The van der Waals surface area contributed by atoms with Gasteiger partial charge in [0.15, 0.2) is 6.10 Å². The fourth-order valence-corrected chi connectivity index (χ4v) is 4.81. The number of rotatable bonds is 28. The molecule has 0 saturated heterocycles. The van der Waals surface area contributed by atoms with Gasteiger partial charge in [-0.25, -0.2) is 4.57 Å². The summed E-state index contributed by atoms with van der Waals surface area (Å²) in [6.07, 6.45) is 17.6. The Labute approximate surface area is 244 Å². The van der Waals surface area contributed by atoms with Crippen LogP contribution in [-0.2, 0) is 32.7 Å². The fourth-order valence-electron chi connectivity index (χ4n) is 4.07. The Morgan fingerprint density at radius 3 is 1.60 bits per heavy atom. The number of likely N-dealkylation sites (N-methyl/N-ethyl adjacent to an activating group) is 1. The Kier molecular flexibility index (Phi) is 24.0. The molecule has 0 aromatic carbocycles. The molecule has 10 heteroatoms. The summed E-state index contributed by atoms with van der Waals surface area (Å²) in [7, 11) is 1.48. The van der Waals surface area contributed by atoms with Crippen molar-refractivity contribution in [2.24, 2.45) is 0 Å². The molecule has 0 aliphatic carbocycles. The number of quaternary nitrogens is 1. The Bertz CT molecular complexity index is 683. The largest absolute Gasteiger partial charge is 0.472 e. The molecule has 0 heterocycles. The van der Waals surface area contributed by atoms with Gasteiger partial charge in [-0.2, -0.15) is 0 Å². The number of esters is 2. The van der Waals surface area contributed by atoms with E-state index in [4.69, 9.17) is 18.5 Å². The van der Waals surface area contributed by atoms with Crippen LogP contribution in [0.25, 0.3) is 0 Å². The maximum Gasteiger partial charge on any atom is 0.472 e. The molecule has 0 aliphatic rings. The van der Waals surface area contributed by atoms with Crippen molar-refractivity contribution in [1.82, 2.24) is 0 Å². The number of carbonyl (C=O) groups is 2. The molecule has 0 spiro atoms. The smallest absolute Gasteiger partial charge is 0.462 e. The topological polar surface area (TPSA) is 108 Å². The number of nitrogens with zero attached hydrogens (tertiary/aromatic N) is 1. The lowest BCUT2D eigenvalue weighted by Gasteiger charge is -2.24. The summed E-state index contributed by atoms with van der Waals surface area (Å²) >= 11 is 0. The van der Waals surface area contributed by atoms with E-state index in [-0.39, 0.29) is 25.6 Å². The van der Waals surface area contributed by atoms with Gasteiger partial charge in [0.1, 0.15) is 19.8 Å². The molecule has 1 N–H and O–H groups in total. The molecule has 0 aromatic rings. The van der Waals surface area contributed by atoms with Crippen LogP contribution in [0.5, 0.6) is 0 Å². The molecule has 0 radical (unpaired) electrons. The van der Waals surface area contributed by atoms with E-state index in [1.54, 1.807) is 0 Å². The zero-order valence-electron chi connectivity index (χ0n) is 26.3. The number of phosphoric ester groups is 1. The third-order valence-electron chi connectivity index (χ3n) is 6.64. The fraction of sp³-hybridized carbons (Fsp3) is 0.933. The van der Waals surface area contributed by atoms with Gasteiger partial charge in [-0.1, -0.05) is 104 Å². The highest BCUT2D eigenvalue weighted by molar-refractivity contribution is 7.47. The third kappa shape index (κ3) is 27.2. The molecule has 40 heavy (non-hydrogen) atoms. The van der Waals surface area contributed by atoms with Gasteiger partial charge in [0.05, 0.1) is 27.7 Å². The Morgan fingerprint density at radius 1 is 0.675 bits per heavy atom. The van der Waals surface area contributed by atoms with Crippen LogP contribution in [0.3, 0.4) is 0 Å². The maximum absolute atomic E-state index is 12.3. The molecular formula is C30H61NO8P+. The quantitative estimate of drug-likeness (QED) is 0.0434. The van der Waals surface area contributed by atoms with Gasteiger partial charge in [0, 0.05) is 12.8 Å². The molecule has 0 saturated carbocycles. The first-order valence-corrected chi connectivity index (χ1v) is 17.3. The lowest BCUT2D eigenvalue weighted by atomic mass is 10.1. The molecule has 0 amide bonds. The van der Waals surface area contributed by atoms with Crippen LogP contribution in [0.4, 0.5) is 0 Å². The number of unbranched alkanes of at least 4 members (excludes halogenated alkanes) is 14. The highest BCUT2D eigenvalue weighted by Gasteiger charge is 2.27. The van der Waals surface area contributed by atoms with E-state index in [1.165, 1.54) is 51.4 Å². The van der Waals surface area contributed by atoms with Gasteiger partial charge < -0.3 is 18.9 Å². The summed E-state index contributed by atoms with van der Waals surface area (Å²) in [4.78, 5) is 34.6. The maximum atomic E-state index is 12.3. The molecule has 9 nitrogen and oxygen atoms in total. The van der Waals surface area contributed by atoms with Gasteiger partial charge in [-0.3, -0.25) is 18.6 Å². The number of hydrogen-bond donors (Lipinski definition) is 1. The van der Waals surface area contributed by atoms with Crippen LogP contribution >= 0.6 is 7.82 Å². The molecule has 238 valence electrons. The number of carbonyl (C=O) groups excluding carboxylic acids is 2. The van der Waals surface area contributed by atoms with Crippen molar-refractivity contribution in [3.05, 3.63) is 0 Å². The number of ether oxygens (including phenoxy) is 2.